The van der Waals surface area contributed by atoms with Crippen LogP contribution in [-0.4, -0.2) is 14.8 Å². The maximum atomic E-state index is 5.76. The maximum Gasteiger partial charge on any atom is 0.138 e. The van der Waals surface area contributed by atoms with E-state index in [4.69, 9.17) is 4.74 Å². The highest BCUT2D eigenvalue weighted by molar-refractivity contribution is 5.39. The molecule has 0 aliphatic rings. The lowest BCUT2D eigenvalue weighted by Gasteiger charge is -2.07. The quantitative estimate of drug-likeness (QED) is 0.716. The van der Waals surface area contributed by atoms with Gasteiger partial charge in [0, 0.05) is 0 Å². The first kappa shape index (κ1) is 11.5. The van der Waals surface area contributed by atoms with Crippen LogP contribution >= 0.6 is 0 Å². The van der Waals surface area contributed by atoms with E-state index < -0.39 is 0 Å². The summed E-state index contributed by atoms with van der Waals surface area (Å²) in [5, 5.41) is 4.07. The van der Waals surface area contributed by atoms with Crippen molar-refractivity contribution in [1.29, 1.82) is 0 Å². The molecule has 0 aliphatic carbocycles. The van der Waals surface area contributed by atoms with Crippen LogP contribution in [0.4, 0.5) is 0 Å². The third kappa shape index (κ3) is 2.63. The molecular weight excluding hydrogens is 238 g/mol. The SMILES string of the molecule is Cc1ccc(Oc2ccc(-n3cncn3)cc2)cc1. The molecule has 0 amide bonds. The Morgan fingerprint density at radius 3 is 2.11 bits per heavy atom. The first-order valence-electron chi connectivity index (χ1n) is 6.01. The van der Waals surface area contributed by atoms with Gasteiger partial charge in [-0.1, -0.05) is 17.7 Å². The minimum absolute atomic E-state index is 0.799. The average molecular weight is 251 g/mol. The van der Waals surface area contributed by atoms with Gasteiger partial charge in [-0.2, -0.15) is 5.10 Å². The zero-order valence-electron chi connectivity index (χ0n) is 10.5. The van der Waals surface area contributed by atoms with Crippen molar-refractivity contribution in [2.45, 2.75) is 6.92 Å². The molecule has 3 rings (SSSR count). The Morgan fingerprint density at radius 1 is 0.895 bits per heavy atom. The third-order valence-corrected chi connectivity index (χ3v) is 2.78. The molecule has 0 bridgehead atoms. The fourth-order valence-electron chi connectivity index (χ4n) is 1.75. The predicted octanol–water partition coefficient (Wildman–Crippen LogP) is 3.37. The summed E-state index contributed by atoms with van der Waals surface area (Å²) in [5.74, 6) is 1.63. The molecule has 94 valence electrons. The second-order valence-corrected chi connectivity index (χ2v) is 4.25. The van der Waals surface area contributed by atoms with Gasteiger partial charge in [0.2, 0.25) is 0 Å². The molecule has 0 N–H and O–H groups in total. The minimum atomic E-state index is 0.799. The number of hydrogen-bond acceptors (Lipinski definition) is 3. The van der Waals surface area contributed by atoms with Gasteiger partial charge in [0.25, 0.3) is 0 Å². The van der Waals surface area contributed by atoms with Crippen LogP contribution in [0.25, 0.3) is 5.69 Å². The van der Waals surface area contributed by atoms with Crippen molar-refractivity contribution in [1.82, 2.24) is 14.8 Å². The van der Waals surface area contributed by atoms with Gasteiger partial charge in [0.15, 0.2) is 0 Å². The molecule has 19 heavy (non-hydrogen) atoms. The van der Waals surface area contributed by atoms with Gasteiger partial charge in [-0.25, -0.2) is 9.67 Å². The largest absolute Gasteiger partial charge is 0.457 e. The molecule has 2 aromatic carbocycles. The summed E-state index contributed by atoms with van der Waals surface area (Å²) in [7, 11) is 0. The average Bonchev–Trinajstić information content (AvgIpc) is 2.96. The summed E-state index contributed by atoms with van der Waals surface area (Å²) in [6, 6.07) is 15.7. The van der Waals surface area contributed by atoms with E-state index in [0.717, 1.165) is 17.2 Å². The van der Waals surface area contributed by atoms with Crippen molar-refractivity contribution in [3.8, 4) is 17.2 Å². The zero-order chi connectivity index (χ0) is 13.1. The summed E-state index contributed by atoms with van der Waals surface area (Å²) in [6.45, 7) is 2.05. The highest BCUT2D eigenvalue weighted by atomic mass is 16.5. The van der Waals surface area contributed by atoms with E-state index >= 15 is 0 Å². The van der Waals surface area contributed by atoms with Crippen LogP contribution in [0.15, 0.2) is 61.2 Å². The van der Waals surface area contributed by atoms with Crippen LogP contribution < -0.4 is 4.74 Å². The topological polar surface area (TPSA) is 39.9 Å². The molecule has 0 radical (unpaired) electrons. The number of aromatic nitrogens is 3. The Morgan fingerprint density at radius 2 is 1.53 bits per heavy atom. The molecule has 0 spiro atoms. The van der Waals surface area contributed by atoms with Gasteiger partial charge >= 0.3 is 0 Å². The van der Waals surface area contributed by atoms with Crippen LogP contribution in [0.2, 0.25) is 0 Å². The van der Waals surface area contributed by atoms with E-state index in [-0.39, 0.29) is 0 Å². The van der Waals surface area contributed by atoms with Crippen molar-refractivity contribution in [3.63, 3.8) is 0 Å². The van der Waals surface area contributed by atoms with Crippen molar-refractivity contribution < 1.29 is 4.74 Å². The lowest BCUT2D eigenvalue weighted by Crippen LogP contribution is -1.93. The molecule has 1 aromatic heterocycles. The predicted molar refractivity (Wildman–Crippen MR) is 72.6 cm³/mol. The number of hydrogen-bond donors (Lipinski definition) is 0. The molecule has 1 heterocycles. The fraction of sp³-hybridized carbons (Fsp3) is 0.0667. The number of benzene rings is 2. The zero-order valence-corrected chi connectivity index (χ0v) is 10.5. The van der Waals surface area contributed by atoms with Crippen LogP contribution in [0.1, 0.15) is 5.56 Å². The number of rotatable bonds is 3. The third-order valence-electron chi connectivity index (χ3n) is 2.78. The second kappa shape index (κ2) is 4.94. The summed E-state index contributed by atoms with van der Waals surface area (Å²) in [6.07, 6.45) is 3.17. The summed E-state index contributed by atoms with van der Waals surface area (Å²) in [4.78, 5) is 3.92. The Bertz CT molecular complexity index is 643. The van der Waals surface area contributed by atoms with E-state index in [1.54, 1.807) is 11.0 Å². The first-order chi connectivity index (χ1) is 9.31. The molecule has 0 aliphatic heterocycles. The van der Waals surface area contributed by atoms with Crippen molar-refractivity contribution in [3.05, 3.63) is 66.7 Å². The van der Waals surface area contributed by atoms with E-state index in [0.29, 0.717) is 0 Å². The molecule has 0 atom stereocenters. The van der Waals surface area contributed by atoms with Gasteiger partial charge in [-0.3, -0.25) is 0 Å². The van der Waals surface area contributed by atoms with Crippen LogP contribution in [0.5, 0.6) is 11.5 Å². The molecule has 4 heteroatoms. The lowest BCUT2D eigenvalue weighted by atomic mass is 10.2. The standard InChI is InChI=1S/C15H13N3O/c1-12-2-6-14(7-3-12)19-15-8-4-13(5-9-15)18-11-16-10-17-18/h2-11H,1H3. The molecule has 0 fully saturated rings. The van der Waals surface area contributed by atoms with Gasteiger partial charge in [0.05, 0.1) is 5.69 Å². The fourth-order valence-corrected chi connectivity index (χ4v) is 1.75. The smallest absolute Gasteiger partial charge is 0.138 e. The van der Waals surface area contributed by atoms with Crippen molar-refractivity contribution in [2.75, 3.05) is 0 Å². The number of aryl methyl sites for hydroxylation is 1. The van der Waals surface area contributed by atoms with Crippen molar-refractivity contribution >= 4 is 0 Å². The van der Waals surface area contributed by atoms with E-state index in [1.807, 2.05) is 48.5 Å². The number of ether oxygens (including phenoxy) is 1. The monoisotopic (exact) mass is 251 g/mol. The molecule has 0 unspecified atom stereocenters. The highest BCUT2D eigenvalue weighted by Gasteiger charge is 1.99. The maximum absolute atomic E-state index is 5.76. The van der Waals surface area contributed by atoms with Crippen LogP contribution in [0.3, 0.4) is 0 Å². The number of nitrogens with zero attached hydrogens (tertiary/aromatic N) is 3. The van der Waals surface area contributed by atoms with Crippen LogP contribution in [-0.2, 0) is 0 Å². The molecule has 3 aromatic rings. The molecule has 4 nitrogen and oxygen atoms in total. The summed E-state index contributed by atoms with van der Waals surface area (Å²) < 4.78 is 7.46. The summed E-state index contributed by atoms with van der Waals surface area (Å²) >= 11 is 0. The highest BCUT2D eigenvalue weighted by Crippen LogP contribution is 2.22. The second-order valence-electron chi connectivity index (χ2n) is 4.25. The first-order valence-corrected chi connectivity index (χ1v) is 6.01. The van der Waals surface area contributed by atoms with Crippen molar-refractivity contribution in [2.24, 2.45) is 0 Å². The molecule has 0 saturated carbocycles. The normalized spacial score (nSPS) is 10.4. The minimum Gasteiger partial charge on any atom is -0.457 e. The van der Waals surface area contributed by atoms with E-state index in [1.165, 1.54) is 11.9 Å². The molecular formula is C15H13N3O. The van der Waals surface area contributed by atoms with Gasteiger partial charge in [-0.05, 0) is 43.3 Å². The molecule has 0 saturated heterocycles. The van der Waals surface area contributed by atoms with E-state index in [2.05, 4.69) is 17.0 Å². The van der Waals surface area contributed by atoms with Gasteiger partial charge < -0.3 is 4.74 Å². The Hall–Kier alpha value is -2.62. The van der Waals surface area contributed by atoms with Gasteiger partial charge in [-0.15, -0.1) is 0 Å². The Kier molecular flexibility index (Phi) is 2.98. The lowest BCUT2D eigenvalue weighted by molar-refractivity contribution is 0.482. The van der Waals surface area contributed by atoms with Gasteiger partial charge in [0.1, 0.15) is 24.2 Å². The Labute approximate surface area is 111 Å². The van der Waals surface area contributed by atoms with E-state index in [9.17, 15) is 0 Å². The summed E-state index contributed by atoms with van der Waals surface area (Å²) in [5.41, 5.74) is 2.17. The Balaban J connectivity index is 1.77. The van der Waals surface area contributed by atoms with Crippen LogP contribution in [0, 0.1) is 6.92 Å².